The van der Waals surface area contributed by atoms with E-state index in [4.69, 9.17) is 9.84 Å². The van der Waals surface area contributed by atoms with Crippen LogP contribution in [0.4, 0.5) is 5.82 Å². The Morgan fingerprint density at radius 3 is 2.72 bits per heavy atom. The first kappa shape index (κ1) is 14.4. The van der Waals surface area contributed by atoms with Gasteiger partial charge in [-0.25, -0.2) is 9.78 Å². The van der Waals surface area contributed by atoms with E-state index >= 15 is 0 Å². The normalized spacial score (nSPS) is 11.3. The number of aromatic carboxylic acids is 1. The average molecular weight is 252 g/mol. The first-order valence-corrected chi connectivity index (χ1v) is 5.87. The molecule has 1 heterocycles. The zero-order valence-electron chi connectivity index (χ0n) is 11.1. The Bertz CT molecular complexity index is 388. The lowest BCUT2D eigenvalue weighted by Crippen LogP contribution is -2.25. The molecule has 0 fully saturated rings. The summed E-state index contributed by atoms with van der Waals surface area (Å²) in [4.78, 5) is 14.7. The van der Waals surface area contributed by atoms with Crippen molar-refractivity contribution in [1.82, 2.24) is 4.98 Å². The molecule has 0 aliphatic rings. The Labute approximate surface area is 107 Å². The third-order valence-corrected chi connectivity index (χ3v) is 2.74. The molecular weight excluding hydrogens is 232 g/mol. The number of carboxylic acid groups (broad SMARTS) is 1. The lowest BCUT2D eigenvalue weighted by Gasteiger charge is -2.24. The highest BCUT2D eigenvalue weighted by Crippen LogP contribution is 2.20. The molecule has 100 valence electrons. The minimum atomic E-state index is -0.963. The van der Waals surface area contributed by atoms with Gasteiger partial charge >= 0.3 is 5.97 Å². The second-order valence-corrected chi connectivity index (χ2v) is 5.00. The maximum atomic E-state index is 10.7. The SMILES string of the molecule is COCCC(C)(C)CNc1ccc(C(=O)O)cn1. The number of carboxylic acids is 1. The summed E-state index contributed by atoms with van der Waals surface area (Å²) in [5, 5.41) is 12.0. The van der Waals surface area contributed by atoms with Crippen LogP contribution in [0.1, 0.15) is 30.6 Å². The van der Waals surface area contributed by atoms with E-state index < -0.39 is 5.97 Å². The molecule has 0 aliphatic carbocycles. The van der Waals surface area contributed by atoms with E-state index in [9.17, 15) is 4.79 Å². The maximum absolute atomic E-state index is 10.7. The minimum absolute atomic E-state index is 0.100. The number of pyridine rings is 1. The molecule has 1 aromatic heterocycles. The van der Waals surface area contributed by atoms with Crippen molar-refractivity contribution in [3.63, 3.8) is 0 Å². The van der Waals surface area contributed by atoms with Gasteiger partial charge in [0.15, 0.2) is 0 Å². The highest BCUT2D eigenvalue weighted by atomic mass is 16.5. The molecule has 1 aromatic rings. The van der Waals surface area contributed by atoms with Gasteiger partial charge in [0.1, 0.15) is 5.82 Å². The zero-order chi connectivity index (χ0) is 13.6. The van der Waals surface area contributed by atoms with Crippen LogP contribution in [0.15, 0.2) is 18.3 Å². The summed E-state index contributed by atoms with van der Waals surface area (Å²) < 4.78 is 5.06. The van der Waals surface area contributed by atoms with Crippen molar-refractivity contribution in [2.45, 2.75) is 20.3 Å². The molecule has 0 amide bonds. The summed E-state index contributed by atoms with van der Waals surface area (Å²) in [6, 6.07) is 3.22. The van der Waals surface area contributed by atoms with Crippen molar-refractivity contribution in [3.8, 4) is 0 Å². The summed E-state index contributed by atoms with van der Waals surface area (Å²) >= 11 is 0. The molecule has 0 saturated heterocycles. The number of hydrogen-bond acceptors (Lipinski definition) is 4. The van der Waals surface area contributed by atoms with E-state index in [1.807, 2.05) is 0 Å². The fraction of sp³-hybridized carbons (Fsp3) is 0.538. The van der Waals surface area contributed by atoms with Crippen LogP contribution in [0.5, 0.6) is 0 Å². The lowest BCUT2D eigenvalue weighted by atomic mass is 9.90. The topological polar surface area (TPSA) is 71.5 Å². The van der Waals surface area contributed by atoms with Crippen LogP contribution in [-0.2, 0) is 4.74 Å². The standard InChI is InChI=1S/C13H20N2O3/c1-13(2,6-7-18-3)9-15-11-5-4-10(8-14-11)12(16)17/h4-5,8H,6-7,9H2,1-3H3,(H,14,15)(H,16,17). The lowest BCUT2D eigenvalue weighted by molar-refractivity contribution is 0.0696. The van der Waals surface area contributed by atoms with E-state index in [0.29, 0.717) is 5.82 Å². The van der Waals surface area contributed by atoms with Crippen molar-refractivity contribution < 1.29 is 14.6 Å². The molecular formula is C13H20N2O3. The molecule has 0 bridgehead atoms. The van der Waals surface area contributed by atoms with Gasteiger partial charge < -0.3 is 15.2 Å². The van der Waals surface area contributed by atoms with Gasteiger partial charge in [0.05, 0.1) is 5.56 Å². The summed E-state index contributed by atoms with van der Waals surface area (Å²) in [5.74, 6) is -0.278. The number of methoxy groups -OCH3 is 1. The fourth-order valence-corrected chi connectivity index (χ4v) is 1.42. The number of anilines is 1. The van der Waals surface area contributed by atoms with Crippen molar-refractivity contribution >= 4 is 11.8 Å². The van der Waals surface area contributed by atoms with Gasteiger partial charge in [0.25, 0.3) is 0 Å². The fourth-order valence-electron chi connectivity index (χ4n) is 1.42. The molecule has 5 heteroatoms. The van der Waals surface area contributed by atoms with Gasteiger partial charge in [-0.2, -0.15) is 0 Å². The second kappa shape index (κ2) is 6.35. The third-order valence-electron chi connectivity index (χ3n) is 2.74. The van der Waals surface area contributed by atoms with Crippen LogP contribution in [0.25, 0.3) is 0 Å². The number of nitrogens with one attached hydrogen (secondary N) is 1. The number of hydrogen-bond donors (Lipinski definition) is 2. The second-order valence-electron chi connectivity index (χ2n) is 5.00. The summed E-state index contributed by atoms with van der Waals surface area (Å²) in [7, 11) is 1.69. The van der Waals surface area contributed by atoms with Gasteiger partial charge in [-0.05, 0) is 24.0 Å². The van der Waals surface area contributed by atoms with Crippen LogP contribution in [0.2, 0.25) is 0 Å². The van der Waals surface area contributed by atoms with E-state index in [0.717, 1.165) is 19.6 Å². The van der Waals surface area contributed by atoms with Crippen LogP contribution < -0.4 is 5.32 Å². The van der Waals surface area contributed by atoms with Gasteiger partial charge in [0, 0.05) is 26.5 Å². The Morgan fingerprint density at radius 1 is 1.50 bits per heavy atom. The molecule has 0 radical (unpaired) electrons. The number of carbonyl (C=O) groups is 1. The van der Waals surface area contributed by atoms with Gasteiger partial charge in [-0.3, -0.25) is 0 Å². The van der Waals surface area contributed by atoms with E-state index in [1.54, 1.807) is 19.2 Å². The van der Waals surface area contributed by atoms with Crippen LogP contribution in [0.3, 0.4) is 0 Å². The number of aromatic nitrogens is 1. The molecule has 18 heavy (non-hydrogen) atoms. The van der Waals surface area contributed by atoms with E-state index in [-0.39, 0.29) is 11.0 Å². The summed E-state index contributed by atoms with van der Waals surface area (Å²) in [6.07, 6.45) is 2.30. The monoisotopic (exact) mass is 252 g/mol. The molecule has 0 aliphatic heterocycles. The molecule has 0 unspecified atom stereocenters. The Balaban J connectivity index is 2.50. The quantitative estimate of drug-likeness (QED) is 0.778. The number of rotatable bonds is 7. The predicted octanol–water partition coefficient (Wildman–Crippen LogP) is 2.25. The van der Waals surface area contributed by atoms with E-state index in [2.05, 4.69) is 24.1 Å². The highest BCUT2D eigenvalue weighted by Gasteiger charge is 2.17. The molecule has 0 aromatic carbocycles. The van der Waals surface area contributed by atoms with Crippen LogP contribution in [-0.4, -0.2) is 36.3 Å². The molecule has 0 saturated carbocycles. The zero-order valence-corrected chi connectivity index (χ0v) is 11.1. The minimum Gasteiger partial charge on any atom is -0.478 e. The van der Waals surface area contributed by atoms with Crippen molar-refractivity contribution in [1.29, 1.82) is 0 Å². The van der Waals surface area contributed by atoms with Crippen LogP contribution >= 0.6 is 0 Å². The largest absolute Gasteiger partial charge is 0.478 e. The Hall–Kier alpha value is -1.62. The average Bonchev–Trinajstić information content (AvgIpc) is 2.35. The van der Waals surface area contributed by atoms with Crippen molar-refractivity contribution in [2.75, 3.05) is 25.6 Å². The molecule has 5 nitrogen and oxygen atoms in total. The maximum Gasteiger partial charge on any atom is 0.337 e. The summed E-state index contributed by atoms with van der Waals surface area (Å²) in [5.41, 5.74) is 0.294. The molecule has 2 N–H and O–H groups in total. The first-order chi connectivity index (χ1) is 8.44. The predicted molar refractivity (Wildman–Crippen MR) is 70.0 cm³/mol. The first-order valence-electron chi connectivity index (χ1n) is 5.87. The van der Waals surface area contributed by atoms with Gasteiger partial charge in [-0.15, -0.1) is 0 Å². The Morgan fingerprint density at radius 2 is 2.22 bits per heavy atom. The smallest absolute Gasteiger partial charge is 0.337 e. The molecule has 0 atom stereocenters. The molecule has 0 spiro atoms. The summed E-state index contributed by atoms with van der Waals surface area (Å²) in [6.45, 7) is 5.77. The van der Waals surface area contributed by atoms with Crippen molar-refractivity contribution in [3.05, 3.63) is 23.9 Å². The van der Waals surface area contributed by atoms with Gasteiger partial charge in [0.2, 0.25) is 0 Å². The molecule has 1 rings (SSSR count). The number of nitrogens with zero attached hydrogens (tertiary/aromatic N) is 1. The highest BCUT2D eigenvalue weighted by molar-refractivity contribution is 5.87. The van der Waals surface area contributed by atoms with E-state index in [1.165, 1.54) is 6.20 Å². The van der Waals surface area contributed by atoms with Crippen LogP contribution in [0, 0.1) is 5.41 Å². The van der Waals surface area contributed by atoms with Crippen molar-refractivity contribution in [2.24, 2.45) is 5.41 Å². The van der Waals surface area contributed by atoms with Gasteiger partial charge in [-0.1, -0.05) is 13.8 Å². The third kappa shape index (κ3) is 4.71. The Kier molecular flexibility index (Phi) is 5.09. The number of ether oxygens (including phenoxy) is 1.